The molecule has 0 bridgehead atoms. The summed E-state index contributed by atoms with van der Waals surface area (Å²) in [7, 11) is 0. The number of carbonyl (C=O) groups excluding carboxylic acids is 1. The molecule has 33 heavy (non-hydrogen) atoms. The molecule has 1 saturated carbocycles. The van der Waals surface area contributed by atoms with Crippen LogP contribution in [0.15, 0.2) is 30.5 Å². The fourth-order valence-electron chi connectivity index (χ4n) is 4.53. The Morgan fingerprint density at radius 2 is 1.79 bits per heavy atom. The Balaban J connectivity index is 1.54. The van der Waals surface area contributed by atoms with Gasteiger partial charge in [-0.05, 0) is 44.4 Å². The van der Waals surface area contributed by atoms with Crippen LogP contribution in [-0.4, -0.2) is 56.6 Å². The Morgan fingerprint density at radius 3 is 2.36 bits per heavy atom. The van der Waals surface area contributed by atoms with Crippen molar-refractivity contribution in [3.05, 3.63) is 41.0 Å². The second kappa shape index (κ2) is 8.09. The quantitative estimate of drug-likeness (QED) is 0.585. The zero-order valence-corrected chi connectivity index (χ0v) is 19.9. The lowest BCUT2D eigenvalue weighted by atomic mass is 10.0. The van der Waals surface area contributed by atoms with Crippen LogP contribution in [0.25, 0.3) is 10.9 Å². The second-order valence-corrected chi connectivity index (χ2v) is 9.73. The summed E-state index contributed by atoms with van der Waals surface area (Å²) in [6.45, 7) is 8.21. The first-order valence-corrected chi connectivity index (χ1v) is 11.8. The summed E-state index contributed by atoms with van der Waals surface area (Å²) in [5.74, 6) is 1.51. The van der Waals surface area contributed by atoms with Gasteiger partial charge in [0.1, 0.15) is 11.3 Å². The predicted octanol–water partition coefficient (Wildman–Crippen LogP) is 4.14. The van der Waals surface area contributed by atoms with Crippen LogP contribution in [-0.2, 0) is 10.3 Å². The Kier molecular flexibility index (Phi) is 5.35. The highest BCUT2D eigenvalue weighted by molar-refractivity contribution is 6.30. The fraction of sp³-hybridized carbons (Fsp3) is 0.458. The molecule has 3 heterocycles. The van der Waals surface area contributed by atoms with Crippen LogP contribution in [0.4, 0.5) is 11.8 Å². The molecule has 1 saturated heterocycles. The SMILES string of the molecule is CC(=O)N1CCN(c2nc(NC3(c4ccc(Cl)cc4)CC3)c3cn(C(C)C)c(O)c3n2)CC1. The van der Waals surface area contributed by atoms with Gasteiger partial charge in [0.05, 0.1) is 10.9 Å². The van der Waals surface area contributed by atoms with Crippen LogP contribution in [0.2, 0.25) is 5.02 Å². The number of hydrogen-bond donors (Lipinski definition) is 2. The van der Waals surface area contributed by atoms with Gasteiger partial charge in [0.2, 0.25) is 17.7 Å². The van der Waals surface area contributed by atoms with Crippen molar-refractivity contribution in [2.45, 2.75) is 45.2 Å². The Labute approximate surface area is 198 Å². The molecule has 0 atom stereocenters. The van der Waals surface area contributed by atoms with E-state index in [0.717, 1.165) is 18.2 Å². The van der Waals surface area contributed by atoms with Crippen molar-refractivity contribution >= 4 is 40.2 Å². The van der Waals surface area contributed by atoms with E-state index < -0.39 is 0 Å². The van der Waals surface area contributed by atoms with Gasteiger partial charge in [0, 0.05) is 50.4 Å². The summed E-state index contributed by atoms with van der Waals surface area (Å²) >= 11 is 6.11. The molecule has 0 radical (unpaired) electrons. The van der Waals surface area contributed by atoms with Gasteiger partial charge in [0.15, 0.2) is 0 Å². The molecule has 5 rings (SSSR count). The summed E-state index contributed by atoms with van der Waals surface area (Å²) in [4.78, 5) is 25.3. The minimum Gasteiger partial charge on any atom is -0.493 e. The van der Waals surface area contributed by atoms with E-state index >= 15 is 0 Å². The van der Waals surface area contributed by atoms with Gasteiger partial charge < -0.3 is 24.8 Å². The first-order valence-electron chi connectivity index (χ1n) is 11.4. The lowest BCUT2D eigenvalue weighted by Crippen LogP contribution is -2.48. The Hall–Kier alpha value is -3.00. The third-order valence-corrected chi connectivity index (χ3v) is 6.98. The third kappa shape index (κ3) is 3.97. The summed E-state index contributed by atoms with van der Waals surface area (Å²) in [6, 6.07) is 8.02. The number of piperazine rings is 1. The van der Waals surface area contributed by atoms with E-state index in [9.17, 15) is 9.90 Å². The van der Waals surface area contributed by atoms with Crippen LogP contribution in [0.3, 0.4) is 0 Å². The normalized spacial score (nSPS) is 17.6. The molecule has 2 aliphatic rings. The van der Waals surface area contributed by atoms with Gasteiger partial charge in [-0.2, -0.15) is 4.98 Å². The number of aromatic hydroxyl groups is 1. The zero-order chi connectivity index (χ0) is 23.3. The van der Waals surface area contributed by atoms with Crippen LogP contribution in [0.1, 0.15) is 45.2 Å². The molecule has 2 N–H and O–H groups in total. The Morgan fingerprint density at radius 1 is 1.12 bits per heavy atom. The molecule has 9 heteroatoms. The first-order chi connectivity index (χ1) is 15.8. The van der Waals surface area contributed by atoms with Crippen molar-refractivity contribution in [2.75, 3.05) is 36.4 Å². The van der Waals surface area contributed by atoms with Gasteiger partial charge in [-0.15, -0.1) is 0 Å². The van der Waals surface area contributed by atoms with Crippen molar-refractivity contribution in [3.63, 3.8) is 0 Å². The Bertz CT molecular complexity index is 1190. The molecular formula is C24H29ClN6O2. The lowest BCUT2D eigenvalue weighted by Gasteiger charge is -2.34. The smallest absolute Gasteiger partial charge is 0.228 e. The van der Waals surface area contributed by atoms with Crippen LogP contribution in [0, 0.1) is 0 Å². The molecule has 0 unspecified atom stereocenters. The minimum absolute atomic E-state index is 0.0821. The van der Waals surface area contributed by atoms with Gasteiger partial charge in [-0.25, -0.2) is 4.98 Å². The van der Waals surface area contributed by atoms with E-state index in [1.165, 1.54) is 5.56 Å². The number of anilines is 2. The first kappa shape index (κ1) is 21.8. The van der Waals surface area contributed by atoms with E-state index in [1.807, 2.05) is 41.6 Å². The maximum Gasteiger partial charge on any atom is 0.228 e. The molecule has 1 amide bonds. The van der Waals surface area contributed by atoms with Gasteiger partial charge in [-0.3, -0.25) is 4.79 Å². The molecule has 1 aliphatic heterocycles. The molecule has 3 aromatic rings. The number of fused-ring (bicyclic) bond motifs is 1. The van der Waals surface area contributed by atoms with Crippen LogP contribution < -0.4 is 10.2 Å². The van der Waals surface area contributed by atoms with Crippen molar-refractivity contribution in [2.24, 2.45) is 0 Å². The molecule has 8 nitrogen and oxygen atoms in total. The third-order valence-electron chi connectivity index (χ3n) is 6.73. The zero-order valence-electron chi connectivity index (χ0n) is 19.2. The van der Waals surface area contributed by atoms with E-state index in [-0.39, 0.29) is 23.4 Å². The molecule has 0 spiro atoms. The minimum atomic E-state index is -0.202. The monoisotopic (exact) mass is 468 g/mol. The van der Waals surface area contributed by atoms with E-state index in [0.29, 0.717) is 48.5 Å². The topological polar surface area (TPSA) is 86.5 Å². The van der Waals surface area contributed by atoms with Crippen LogP contribution in [0.5, 0.6) is 5.88 Å². The number of rotatable bonds is 5. The van der Waals surface area contributed by atoms with Gasteiger partial charge in [-0.1, -0.05) is 23.7 Å². The molecular weight excluding hydrogens is 440 g/mol. The molecule has 1 aliphatic carbocycles. The van der Waals surface area contributed by atoms with E-state index in [2.05, 4.69) is 22.3 Å². The second-order valence-electron chi connectivity index (χ2n) is 9.30. The molecule has 174 valence electrons. The highest BCUT2D eigenvalue weighted by Gasteiger charge is 2.45. The van der Waals surface area contributed by atoms with Crippen molar-refractivity contribution < 1.29 is 9.90 Å². The highest BCUT2D eigenvalue weighted by atomic mass is 35.5. The number of nitrogens with zero attached hydrogens (tertiary/aromatic N) is 5. The molecule has 2 aromatic heterocycles. The molecule has 2 fully saturated rings. The summed E-state index contributed by atoms with van der Waals surface area (Å²) in [6.07, 6.45) is 3.90. The van der Waals surface area contributed by atoms with Crippen molar-refractivity contribution in [3.8, 4) is 5.88 Å². The van der Waals surface area contributed by atoms with Crippen molar-refractivity contribution in [1.82, 2.24) is 19.4 Å². The largest absolute Gasteiger partial charge is 0.493 e. The fourth-order valence-corrected chi connectivity index (χ4v) is 4.66. The molecule has 1 aromatic carbocycles. The predicted molar refractivity (Wildman–Crippen MR) is 130 cm³/mol. The highest BCUT2D eigenvalue weighted by Crippen LogP contribution is 2.49. The number of carbonyl (C=O) groups is 1. The number of benzene rings is 1. The van der Waals surface area contributed by atoms with E-state index in [4.69, 9.17) is 21.6 Å². The van der Waals surface area contributed by atoms with Gasteiger partial charge in [0.25, 0.3) is 0 Å². The van der Waals surface area contributed by atoms with E-state index in [1.54, 1.807) is 6.92 Å². The summed E-state index contributed by atoms with van der Waals surface area (Å²) in [5, 5.41) is 16.1. The number of nitrogens with one attached hydrogen (secondary N) is 1. The summed E-state index contributed by atoms with van der Waals surface area (Å²) in [5.41, 5.74) is 1.51. The number of amides is 1. The van der Waals surface area contributed by atoms with Gasteiger partial charge >= 0.3 is 0 Å². The average Bonchev–Trinajstić information content (AvgIpc) is 3.50. The number of aromatic nitrogens is 3. The standard InChI is InChI=1S/C24H29ClN6O2/c1-15(2)31-14-19-20(22(31)33)26-23(30-12-10-29(11-13-30)16(3)32)27-21(19)28-24(8-9-24)17-4-6-18(25)7-5-17/h4-7,14-15,33H,8-13H2,1-3H3,(H,26,27,28). The number of halogens is 1. The summed E-state index contributed by atoms with van der Waals surface area (Å²) < 4.78 is 1.82. The number of hydrogen-bond acceptors (Lipinski definition) is 6. The average molecular weight is 469 g/mol. The van der Waals surface area contributed by atoms with Crippen molar-refractivity contribution in [1.29, 1.82) is 0 Å². The maximum absolute atomic E-state index is 11.7. The maximum atomic E-state index is 11.7. The lowest BCUT2D eigenvalue weighted by molar-refractivity contribution is -0.129. The van der Waals surface area contributed by atoms with Crippen LogP contribution >= 0.6 is 11.6 Å².